The molecule has 0 fully saturated rings. The second-order valence-corrected chi connectivity index (χ2v) is 4.90. The summed E-state index contributed by atoms with van der Waals surface area (Å²) in [5.74, 6) is 0.362. The highest BCUT2D eigenvalue weighted by atomic mass is 16.3. The third-order valence-electron chi connectivity index (χ3n) is 3.48. The molecule has 1 unspecified atom stereocenters. The number of rotatable bonds is 4. The lowest BCUT2D eigenvalue weighted by Gasteiger charge is -2.17. The van der Waals surface area contributed by atoms with Crippen molar-refractivity contribution >= 4 is 5.69 Å². The molecule has 0 aliphatic carbocycles. The molecular weight excluding hydrogens is 238 g/mol. The predicted molar refractivity (Wildman–Crippen MR) is 77.5 cm³/mol. The zero-order chi connectivity index (χ0) is 14.0. The van der Waals surface area contributed by atoms with E-state index in [1.165, 1.54) is 0 Å². The number of aryl methyl sites for hydroxylation is 2. The molecule has 4 nitrogen and oxygen atoms in total. The van der Waals surface area contributed by atoms with Gasteiger partial charge in [-0.15, -0.1) is 0 Å². The first-order valence-electron chi connectivity index (χ1n) is 6.61. The van der Waals surface area contributed by atoms with Crippen molar-refractivity contribution in [2.45, 2.75) is 40.3 Å². The van der Waals surface area contributed by atoms with E-state index in [4.69, 9.17) is 0 Å². The van der Waals surface area contributed by atoms with Crippen molar-refractivity contribution in [2.75, 3.05) is 5.32 Å². The Kier molecular flexibility index (Phi) is 3.79. The van der Waals surface area contributed by atoms with Crippen LogP contribution in [0.2, 0.25) is 0 Å². The summed E-state index contributed by atoms with van der Waals surface area (Å²) in [6, 6.07) is 4.08. The van der Waals surface area contributed by atoms with E-state index in [2.05, 4.69) is 24.3 Å². The van der Waals surface area contributed by atoms with E-state index in [1.807, 2.05) is 43.1 Å². The molecule has 1 aromatic carbocycles. The van der Waals surface area contributed by atoms with Crippen LogP contribution in [0.4, 0.5) is 5.69 Å². The molecule has 2 rings (SSSR count). The Bertz CT molecular complexity index is 575. The Morgan fingerprint density at radius 1 is 1.37 bits per heavy atom. The molecule has 1 heterocycles. The lowest BCUT2D eigenvalue weighted by Crippen LogP contribution is -2.07. The molecule has 102 valence electrons. The number of aromatic nitrogens is 2. The Labute approximate surface area is 114 Å². The van der Waals surface area contributed by atoms with Crippen molar-refractivity contribution in [2.24, 2.45) is 0 Å². The molecule has 0 bridgehead atoms. The Morgan fingerprint density at radius 2 is 2.11 bits per heavy atom. The molecule has 0 saturated heterocycles. The lowest BCUT2D eigenvalue weighted by atomic mass is 10.1. The van der Waals surface area contributed by atoms with Gasteiger partial charge in [0.2, 0.25) is 0 Å². The number of benzene rings is 1. The van der Waals surface area contributed by atoms with E-state index in [9.17, 15) is 5.11 Å². The Hall–Kier alpha value is -1.97. The van der Waals surface area contributed by atoms with Crippen LogP contribution in [-0.4, -0.2) is 14.9 Å². The van der Waals surface area contributed by atoms with Gasteiger partial charge in [-0.2, -0.15) is 5.10 Å². The lowest BCUT2D eigenvalue weighted by molar-refractivity contribution is 0.467. The number of nitrogens with one attached hydrogen (secondary N) is 1. The van der Waals surface area contributed by atoms with Gasteiger partial charge in [0, 0.05) is 29.6 Å². The quantitative estimate of drug-likeness (QED) is 0.884. The van der Waals surface area contributed by atoms with Gasteiger partial charge in [0.25, 0.3) is 0 Å². The SMILES string of the molecule is CCn1cc(C(C)Nc2ccc(C)c(O)c2C)cn1. The first-order valence-corrected chi connectivity index (χ1v) is 6.61. The average molecular weight is 259 g/mol. The molecule has 19 heavy (non-hydrogen) atoms. The zero-order valence-electron chi connectivity index (χ0n) is 11.9. The monoisotopic (exact) mass is 259 g/mol. The van der Waals surface area contributed by atoms with Crippen LogP contribution in [0.3, 0.4) is 0 Å². The van der Waals surface area contributed by atoms with Gasteiger partial charge in [0.1, 0.15) is 5.75 Å². The first-order chi connectivity index (χ1) is 9.02. The van der Waals surface area contributed by atoms with E-state index in [-0.39, 0.29) is 6.04 Å². The number of aromatic hydroxyl groups is 1. The highest BCUT2D eigenvalue weighted by molar-refractivity contribution is 5.59. The summed E-state index contributed by atoms with van der Waals surface area (Å²) in [6.45, 7) is 8.86. The highest BCUT2D eigenvalue weighted by Crippen LogP contribution is 2.30. The number of hydrogen-bond acceptors (Lipinski definition) is 3. The minimum absolute atomic E-state index is 0.154. The van der Waals surface area contributed by atoms with E-state index < -0.39 is 0 Å². The second-order valence-electron chi connectivity index (χ2n) is 4.90. The molecule has 0 saturated carbocycles. The van der Waals surface area contributed by atoms with Crippen LogP contribution < -0.4 is 5.32 Å². The summed E-state index contributed by atoms with van der Waals surface area (Å²) in [5, 5.41) is 17.7. The summed E-state index contributed by atoms with van der Waals surface area (Å²) in [5.41, 5.74) is 3.88. The van der Waals surface area contributed by atoms with Crippen LogP contribution in [0.1, 0.15) is 36.6 Å². The molecule has 2 aromatic rings. The molecule has 2 N–H and O–H groups in total. The molecule has 4 heteroatoms. The fourth-order valence-corrected chi connectivity index (χ4v) is 2.08. The van der Waals surface area contributed by atoms with Gasteiger partial charge in [-0.1, -0.05) is 6.07 Å². The molecule has 1 aromatic heterocycles. The minimum atomic E-state index is 0.154. The molecular formula is C15H21N3O. The maximum absolute atomic E-state index is 9.96. The molecule has 0 aliphatic rings. The Balaban J connectivity index is 2.19. The predicted octanol–water partition coefficient (Wildman–Crippen LogP) is 3.40. The van der Waals surface area contributed by atoms with Crippen LogP contribution in [0.5, 0.6) is 5.75 Å². The molecule has 0 spiro atoms. The number of nitrogens with zero attached hydrogens (tertiary/aromatic N) is 2. The zero-order valence-corrected chi connectivity index (χ0v) is 11.9. The number of phenolic OH excluding ortho intramolecular Hbond substituents is 1. The van der Waals surface area contributed by atoms with Gasteiger partial charge in [-0.05, 0) is 39.3 Å². The highest BCUT2D eigenvalue weighted by Gasteiger charge is 2.11. The van der Waals surface area contributed by atoms with Crippen LogP contribution in [0.15, 0.2) is 24.5 Å². The molecule has 0 radical (unpaired) electrons. The summed E-state index contributed by atoms with van der Waals surface area (Å²) < 4.78 is 1.91. The minimum Gasteiger partial charge on any atom is -0.507 e. The largest absolute Gasteiger partial charge is 0.507 e. The van der Waals surface area contributed by atoms with Gasteiger partial charge in [0.05, 0.1) is 12.2 Å². The maximum atomic E-state index is 9.96. The first kappa shape index (κ1) is 13.5. The number of anilines is 1. The van der Waals surface area contributed by atoms with E-state index >= 15 is 0 Å². The van der Waals surface area contributed by atoms with E-state index in [0.717, 1.165) is 28.9 Å². The van der Waals surface area contributed by atoms with Crippen molar-refractivity contribution in [1.82, 2.24) is 9.78 Å². The van der Waals surface area contributed by atoms with Crippen LogP contribution in [0, 0.1) is 13.8 Å². The normalized spacial score (nSPS) is 12.4. The van der Waals surface area contributed by atoms with Crippen molar-refractivity contribution in [3.05, 3.63) is 41.2 Å². The third kappa shape index (κ3) is 2.72. The van der Waals surface area contributed by atoms with Crippen molar-refractivity contribution in [3.8, 4) is 5.75 Å². The van der Waals surface area contributed by atoms with Gasteiger partial charge in [-0.25, -0.2) is 0 Å². The Morgan fingerprint density at radius 3 is 2.74 bits per heavy atom. The smallest absolute Gasteiger partial charge is 0.123 e. The van der Waals surface area contributed by atoms with Crippen molar-refractivity contribution in [1.29, 1.82) is 0 Å². The van der Waals surface area contributed by atoms with Gasteiger partial charge in [-0.3, -0.25) is 4.68 Å². The van der Waals surface area contributed by atoms with E-state index in [1.54, 1.807) is 0 Å². The maximum Gasteiger partial charge on any atom is 0.123 e. The van der Waals surface area contributed by atoms with Crippen molar-refractivity contribution in [3.63, 3.8) is 0 Å². The van der Waals surface area contributed by atoms with Crippen molar-refractivity contribution < 1.29 is 5.11 Å². The summed E-state index contributed by atoms with van der Waals surface area (Å²) in [4.78, 5) is 0. The third-order valence-corrected chi connectivity index (χ3v) is 3.48. The van der Waals surface area contributed by atoms with Gasteiger partial charge < -0.3 is 10.4 Å². The second kappa shape index (κ2) is 5.34. The van der Waals surface area contributed by atoms with Gasteiger partial charge in [0.15, 0.2) is 0 Å². The van der Waals surface area contributed by atoms with E-state index in [0.29, 0.717) is 5.75 Å². The van der Waals surface area contributed by atoms with Crippen LogP contribution in [-0.2, 0) is 6.54 Å². The topological polar surface area (TPSA) is 50.1 Å². The standard InChI is InChI=1S/C15H21N3O/c1-5-18-9-13(8-16-18)12(4)17-14-7-6-10(2)15(19)11(14)3/h6-9,12,17,19H,5H2,1-4H3. The van der Waals surface area contributed by atoms with Crippen LogP contribution >= 0.6 is 0 Å². The fourth-order valence-electron chi connectivity index (χ4n) is 2.08. The molecule has 0 amide bonds. The van der Waals surface area contributed by atoms with Crippen LogP contribution in [0.25, 0.3) is 0 Å². The summed E-state index contributed by atoms with van der Waals surface area (Å²) >= 11 is 0. The summed E-state index contributed by atoms with van der Waals surface area (Å²) in [7, 11) is 0. The number of phenols is 1. The molecule has 1 atom stereocenters. The fraction of sp³-hybridized carbons (Fsp3) is 0.400. The average Bonchev–Trinajstić information content (AvgIpc) is 2.88. The number of hydrogen-bond donors (Lipinski definition) is 2. The summed E-state index contributed by atoms with van der Waals surface area (Å²) in [6.07, 6.45) is 3.92. The van der Waals surface area contributed by atoms with Gasteiger partial charge >= 0.3 is 0 Å². The molecule has 0 aliphatic heterocycles.